The molecule has 19 heavy (non-hydrogen) atoms. The molecule has 2 rings (SSSR count). The summed E-state index contributed by atoms with van der Waals surface area (Å²) in [5, 5.41) is 0. The van der Waals surface area contributed by atoms with Gasteiger partial charge in [-0.1, -0.05) is 6.07 Å². The fourth-order valence-corrected chi connectivity index (χ4v) is 1.88. The third-order valence-corrected chi connectivity index (χ3v) is 2.85. The van der Waals surface area contributed by atoms with Gasteiger partial charge in [-0.15, -0.1) is 0 Å². The van der Waals surface area contributed by atoms with Crippen LogP contribution in [0.25, 0.3) is 0 Å². The number of ether oxygens (including phenoxy) is 3. The van der Waals surface area contributed by atoms with E-state index in [0.29, 0.717) is 24.5 Å². The Kier molecular flexibility index (Phi) is 3.89. The largest absolute Gasteiger partial charge is 0.493 e. The molecule has 1 aromatic rings. The van der Waals surface area contributed by atoms with E-state index in [1.54, 1.807) is 18.2 Å². The molecule has 0 radical (unpaired) electrons. The second-order valence-electron chi connectivity index (χ2n) is 4.07. The van der Waals surface area contributed by atoms with Gasteiger partial charge in [-0.25, -0.2) is 4.79 Å². The predicted molar refractivity (Wildman–Crippen MR) is 66.8 cm³/mol. The summed E-state index contributed by atoms with van der Waals surface area (Å²) in [6, 6.07) is 5.01. The highest BCUT2D eigenvalue weighted by Gasteiger charge is 2.26. The smallest absolute Gasteiger partial charge is 0.415 e. The van der Waals surface area contributed by atoms with Gasteiger partial charge in [0, 0.05) is 13.0 Å². The van der Waals surface area contributed by atoms with Crippen LogP contribution in [0.5, 0.6) is 17.2 Å². The molecule has 102 valence electrons. The normalized spacial score (nSPS) is 14.4. The van der Waals surface area contributed by atoms with Crippen molar-refractivity contribution in [3.05, 3.63) is 18.2 Å². The monoisotopic (exact) mass is 265 g/mol. The van der Waals surface area contributed by atoms with E-state index in [9.17, 15) is 9.59 Å². The Morgan fingerprint density at radius 2 is 1.95 bits per heavy atom. The Balaban J connectivity index is 2.14. The van der Waals surface area contributed by atoms with Crippen LogP contribution in [0.15, 0.2) is 18.2 Å². The molecule has 0 bridgehead atoms. The highest BCUT2D eigenvalue weighted by atomic mass is 16.6. The minimum atomic E-state index is -0.558. The highest BCUT2D eigenvalue weighted by molar-refractivity contribution is 5.87. The van der Waals surface area contributed by atoms with Gasteiger partial charge in [-0.2, -0.15) is 0 Å². The lowest BCUT2D eigenvalue weighted by molar-refractivity contribution is -0.116. The minimum absolute atomic E-state index is 0.0366. The van der Waals surface area contributed by atoms with E-state index in [2.05, 4.69) is 0 Å². The first-order valence-electron chi connectivity index (χ1n) is 5.85. The number of benzene rings is 1. The number of carbonyl (C=O) groups excluding carboxylic acids is 2. The molecule has 0 aliphatic carbocycles. The number of para-hydroxylation sites is 1. The van der Waals surface area contributed by atoms with Gasteiger partial charge in [-0.3, -0.25) is 4.79 Å². The van der Waals surface area contributed by atoms with Crippen molar-refractivity contribution < 1.29 is 23.8 Å². The van der Waals surface area contributed by atoms with Crippen molar-refractivity contribution in [2.75, 3.05) is 27.3 Å². The van der Waals surface area contributed by atoms with Crippen LogP contribution in [0, 0.1) is 0 Å². The Morgan fingerprint density at radius 3 is 2.53 bits per heavy atom. The van der Waals surface area contributed by atoms with Crippen LogP contribution < -0.4 is 14.2 Å². The first-order valence-corrected chi connectivity index (χ1v) is 5.85. The quantitative estimate of drug-likeness (QED) is 0.828. The second-order valence-corrected chi connectivity index (χ2v) is 4.07. The molecule has 0 saturated carbocycles. The molecule has 0 aromatic heterocycles. The lowest BCUT2D eigenvalue weighted by Crippen LogP contribution is -2.31. The standard InChI is InChI=1S/C13H15NO5/c1-17-10-4-3-5-11(12(10)18-2)19-13(16)14-7-6-9(15)8-14/h3-5H,6-8H2,1-2H3. The third-order valence-electron chi connectivity index (χ3n) is 2.85. The lowest BCUT2D eigenvalue weighted by atomic mass is 10.3. The molecule has 0 N–H and O–H groups in total. The second kappa shape index (κ2) is 5.60. The number of Topliss-reactive ketones (excluding diaryl/α,β-unsaturated/α-hetero) is 1. The zero-order valence-electron chi connectivity index (χ0n) is 10.8. The van der Waals surface area contributed by atoms with Crippen molar-refractivity contribution >= 4 is 11.9 Å². The highest BCUT2D eigenvalue weighted by Crippen LogP contribution is 2.36. The van der Waals surface area contributed by atoms with Crippen molar-refractivity contribution in [1.29, 1.82) is 0 Å². The minimum Gasteiger partial charge on any atom is -0.493 e. The summed E-state index contributed by atoms with van der Waals surface area (Å²) >= 11 is 0. The number of carbonyl (C=O) groups is 2. The molecule has 1 saturated heterocycles. The zero-order valence-corrected chi connectivity index (χ0v) is 10.8. The Bertz CT molecular complexity index is 500. The van der Waals surface area contributed by atoms with Gasteiger partial charge in [0.25, 0.3) is 0 Å². The van der Waals surface area contributed by atoms with E-state index in [0.717, 1.165) is 0 Å². The van der Waals surface area contributed by atoms with Gasteiger partial charge in [-0.05, 0) is 12.1 Å². The summed E-state index contributed by atoms with van der Waals surface area (Å²) < 4.78 is 15.5. The molecular formula is C13H15NO5. The first-order chi connectivity index (χ1) is 9.15. The van der Waals surface area contributed by atoms with Gasteiger partial charge in [0.1, 0.15) is 0 Å². The van der Waals surface area contributed by atoms with E-state index in [-0.39, 0.29) is 18.1 Å². The molecule has 0 spiro atoms. The van der Waals surface area contributed by atoms with Crippen LogP contribution in [-0.2, 0) is 4.79 Å². The van der Waals surface area contributed by atoms with Gasteiger partial charge in [0.15, 0.2) is 17.3 Å². The molecule has 0 unspecified atom stereocenters. The first kappa shape index (κ1) is 13.2. The molecule has 1 aliphatic rings. The van der Waals surface area contributed by atoms with Crippen LogP contribution in [0.2, 0.25) is 0 Å². The number of likely N-dealkylation sites (tertiary alicyclic amines) is 1. The Morgan fingerprint density at radius 1 is 1.21 bits per heavy atom. The molecule has 6 nitrogen and oxygen atoms in total. The average Bonchev–Trinajstić information content (AvgIpc) is 2.85. The van der Waals surface area contributed by atoms with Gasteiger partial charge < -0.3 is 19.1 Å². The number of hydrogen-bond donors (Lipinski definition) is 0. The maximum absolute atomic E-state index is 11.9. The van der Waals surface area contributed by atoms with Crippen molar-refractivity contribution in [2.24, 2.45) is 0 Å². The fraction of sp³-hybridized carbons (Fsp3) is 0.385. The Labute approximate surface area is 110 Å². The van der Waals surface area contributed by atoms with E-state index in [1.807, 2.05) is 0 Å². The number of ketones is 1. The van der Waals surface area contributed by atoms with E-state index < -0.39 is 6.09 Å². The Hall–Kier alpha value is -2.24. The van der Waals surface area contributed by atoms with Crippen LogP contribution in [0.3, 0.4) is 0 Å². The van der Waals surface area contributed by atoms with Crippen LogP contribution in [-0.4, -0.2) is 44.1 Å². The maximum Gasteiger partial charge on any atom is 0.415 e. The maximum atomic E-state index is 11.9. The van der Waals surface area contributed by atoms with Crippen molar-refractivity contribution in [1.82, 2.24) is 4.90 Å². The summed E-state index contributed by atoms with van der Waals surface area (Å²) in [4.78, 5) is 24.4. The number of hydrogen-bond acceptors (Lipinski definition) is 5. The van der Waals surface area contributed by atoms with Crippen LogP contribution in [0.1, 0.15) is 6.42 Å². The zero-order chi connectivity index (χ0) is 13.8. The van der Waals surface area contributed by atoms with E-state index in [1.165, 1.54) is 19.1 Å². The number of methoxy groups -OCH3 is 2. The van der Waals surface area contributed by atoms with Crippen molar-refractivity contribution in [2.45, 2.75) is 6.42 Å². The van der Waals surface area contributed by atoms with Gasteiger partial charge >= 0.3 is 6.09 Å². The lowest BCUT2D eigenvalue weighted by Gasteiger charge is -2.16. The van der Waals surface area contributed by atoms with Gasteiger partial charge in [0.05, 0.1) is 20.8 Å². The van der Waals surface area contributed by atoms with Crippen molar-refractivity contribution in [3.8, 4) is 17.2 Å². The molecule has 1 amide bonds. The number of amides is 1. The molecule has 1 fully saturated rings. The van der Waals surface area contributed by atoms with E-state index >= 15 is 0 Å². The number of nitrogens with zero attached hydrogens (tertiary/aromatic N) is 1. The molecule has 1 aromatic carbocycles. The fourth-order valence-electron chi connectivity index (χ4n) is 1.88. The SMILES string of the molecule is COc1cccc(OC(=O)N2CCC(=O)C2)c1OC. The molecule has 6 heteroatoms. The molecule has 1 heterocycles. The average molecular weight is 265 g/mol. The third kappa shape index (κ3) is 2.78. The molecule has 1 aliphatic heterocycles. The molecule has 0 atom stereocenters. The topological polar surface area (TPSA) is 65.1 Å². The van der Waals surface area contributed by atoms with Crippen molar-refractivity contribution in [3.63, 3.8) is 0 Å². The summed E-state index contributed by atoms with van der Waals surface area (Å²) in [6.45, 7) is 0.495. The summed E-state index contributed by atoms with van der Waals surface area (Å²) in [6.07, 6.45) is -0.179. The summed E-state index contributed by atoms with van der Waals surface area (Å²) in [5.41, 5.74) is 0. The van der Waals surface area contributed by atoms with Crippen LogP contribution >= 0.6 is 0 Å². The number of rotatable bonds is 3. The van der Waals surface area contributed by atoms with Crippen LogP contribution in [0.4, 0.5) is 4.79 Å². The predicted octanol–water partition coefficient (Wildman–Crippen LogP) is 1.48. The summed E-state index contributed by atoms with van der Waals surface area (Å²) in [7, 11) is 2.97. The molecular weight excluding hydrogens is 250 g/mol. The summed E-state index contributed by atoms with van der Waals surface area (Å²) in [5.74, 6) is 1.13. The van der Waals surface area contributed by atoms with Gasteiger partial charge in [0.2, 0.25) is 5.75 Å². The van der Waals surface area contributed by atoms with E-state index in [4.69, 9.17) is 14.2 Å².